The summed E-state index contributed by atoms with van der Waals surface area (Å²) in [6.45, 7) is 8.79. The molecule has 106 valence electrons. The summed E-state index contributed by atoms with van der Waals surface area (Å²) in [5.74, 6) is 0.940. The third-order valence-corrected chi connectivity index (χ3v) is 3.96. The molecule has 19 heavy (non-hydrogen) atoms. The van der Waals surface area contributed by atoms with Gasteiger partial charge in [-0.05, 0) is 48.3 Å². The topological polar surface area (TPSA) is 29.5 Å². The lowest BCUT2D eigenvalue weighted by atomic mass is 9.85. The van der Waals surface area contributed by atoms with Gasteiger partial charge >= 0.3 is 0 Å². The first-order valence-electron chi connectivity index (χ1n) is 7.40. The minimum Gasteiger partial charge on any atom is -0.487 e. The van der Waals surface area contributed by atoms with E-state index in [0.29, 0.717) is 0 Å². The Bertz CT molecular complexity index is 431. The summed E-state index contributed by atoms with van der Waals surface area (Å²) in [5.41, 5.74) is 2.64. The van der Waals surface area contributed by atoms with Crippen LogP contribution < -0.4 is 4.74 Å². The van der Waals surface area contributed by atoms with Gasteiger partial charge in [0, 0.05) is 0 Å². The Morgan fingerprint density at radius 1 is 1.26 bits per heavy atom. The van der Waals surface area contributed by atoms with E-state index in [1.54, 1.807) is 0 Å². The molecule has 0 saturated heterocycles. The number of hydrogen-bond donors (Lipinski definition) is 1. The average Bonchev–Trinajstić information content (AvgIpc) is 2.74. The van der Waals surface area contributed by atoms with Gasteiger partial charge in [0.25, 0.3) is 0 Å². The van der Waals surface area contributed by atoms with Crippen molar-refractivity contribution in [2.24, 2.45) is 0 Å². The molecule has 0 unspecified atom stereocenters. The largest absolute Gasteiger partial charge is 0.487 e. The van der Waals surface area contributed by atoms with Gasteiger partial charge in [0.2, 0.25) is 0 Å². The number of hydrogen-bond acceptors (Lipinski definition) is 2. The van der Waals surface area contributed by atoms with E-state index in [0.717, 1.165) is 31.4 Å². The molecular weight excluding hydrogens is 236 g/mol. The van der Waals surface area contributed by atoms with Crippen LogP contribution in [0.2, 0.25) is 0 Å². The Morgan fingerprint density at radius 3 is 2.53 bits per heavy atom. The highest BCUT2D eigenvalue weighted by atomic mass is 16.5. The fourth-order valence-corrected chi connectivity index (χ4v) is 2.69. The van der Waals surface area contributed by atoms with Crippen LogP contribution in [0.4, 0.5) is 0 Å². The summed E-state index contributed by atoms with van der Waals surface area (Å²) in [7, 11) is 0. The first-order valence-corrected chi connectivity index (χ1v) is 7.40. The van der Waals surface area contributed by atoms with E-state index in [1.807, 2.05) is 0 Å². The monoisotopic (exact) mass is 262 g/mol. The van der Waals surface area contributed by atoms with Crippen LogP contribution in [0.15, 0.2) is 18.2 Å². The van der Waals surface area contributed by atoms with Crippen LogP contribution >= 0.6 is 0 Å². The molecule has 0 radical (unpaired) electrons. The molecule has 1 N–H and O–H groups in total. The van der Waals surface area contributed by atoms with Gasteiger partial charge in [-0.25, -0.2) is 0 Å². The summed E-state index contributed by atoms with van der Waals surface area (Å²) in [6, 6.07) is 6.45. The fourth-order valence-electron chi connectivity index (χ4n) is 2.69. The van der Waals surface area contributed by atoms with Crippen molar-refractivity contribution < 1.29 is 9.84 Å². The molecule has 1 aromatic carbocycles. The van der Waals surface area contributed by atoms with E-state index in [2.05, 4.69) is 45.9 Å². The van der Waals surface area contributed by atoms with Gasteiger partial charge in [0.1, 0.15) is 11.9 Å². The maximum atomic E-state index is 9.92. The van der Waals surface area contributed by atoms with Crippen LogP contribution in [0.3, 0.4) is 0 Å². The summed E-state index contributed by atoms with van der Waals surface area (Å²) in [6.07, 6.45) is 3.58. The highest BCUT2D eigenvalue weighted by Gasteiger charge is 2.29. The van der Waals surface area contributed by atoms with Crippen molar-refractivity contribution in [3.63, 3.8) is 0 Å². The lowest BCUT2D eigenvalue weighted by Crippen LogP contribution is -2.27. The number of benzene rings is 1. The van der Waals surface area contributed by atoms with E-state index in [4.69, 9.17) is 4.74 Å². The summed E-state index contributed by atoms with van der Waals surface area (Å²) in [4.78, 5) is 0. The average molecular weight is 262 g/mol. The zero-order valence-electron chi connectivity index (χ0n) is 12.6. The van der Waals surface area contributed by atoms with Gasteiger partial charge in [0.05, 0.1) is 6.10 Å². The number of rotatable bonds is 3. The van der Waals surface area contributed by atoms with Crippen LogP contribution in [-0.4, -0.2) is 17.3 Å². The summed E-state index contributed by atoms with van der Waals surface area (Å²) < 4.78 is 6.09. The molecule has 2 heteroatoms. The molecule has 0 spiro atoms. The van der Waals surface area contributed by atoms with Crippen LogP contribution in [0.5, 0.6) is 5.75 Å². The van der Waals surface area contributed by atoms with Crippen molar-refractivity contribution in [1.82, 2.24) is 0 Å². The van der Waals surface area contributed by atoms with E-state index in [9.17, 15) is 5.11 Å². The molecule has 0 aromatic heterocycles. The zero-order chi connectivity index (χ0) is 14.0. The second kappa shape index (κ2) is 5.54. The maximum Gasteiger partial charge on any atom is 0.124 e. The standard InChI is InChI=1S/C17H26O2/c1-5-12-9-10-15(13(11-12)17(2,3)4)19-16-8-6-7-14(16)18/h9-11,14,16,18H,5-8H2,1-4H3/t14-,16-/m0/s1. The highest BCUT2D eigenvalue weighted by molar-refractivity contribution is 5.42. The Hall–Kier alpha value is -1.02. The molecule has 1 aliphatic rings. The Morgan fingerprint density at radius 2 is 2.00 bits per heavy atom. The molecule has 1 fully saturated rings. The predicted octanol–water partition coefficient (Wildman–Crippen LogP) is 3.84. The number of aliphatic hydroxyl groups is 1. The van der Waals surface area contributed by atoms with Crippen LogP contribution in [0, 0.1) is 0 Å². The van der Waals surface area contributed by atoms with Crippen molar-refractivity contribution in [3.05, 3.63) is 29.3 Å². The Kier molecular flexibility index (Phi) is 4.19. The molecule has 2 nitrogen and oxygen atoms in total. The number of aryl methyl sites for hydroxylation is 1. The summed E-state index contributed by atoms with van der Waals surface area (Å²) >= 11 is 0. The molecule has 1 saturated carbocycles. The molecule has 2 atom stereocenters. The van der Waals surface area contributed by atoms with Gasteiger partial charge < -0.3 is 9.84 Å². The highest BCUT2D eigenvalue weighted by Crippen LogP contribution is 2.35. The molecule has 0 heterocycles. The lowest BCUT2D eigenvalue weighted by Gasteiger charge is -2.26. The molecule has 1 aliphatic carbocycles. The molecule has 0 bridgehead atoms. The quantitative estimate of drug-likeness (QED) is 0.897. The van der Waals surface area contributed by atoms with Crippen molar-refractivity contribution >= 4 is 0 Å². The van der Waals surface area contributed by atoms with Crippen LogP contribution in [-0.2, 0) is 11.8 Å². The maximum absolute atomic E-state index is 9.92. The minimum absolute atomic E-state index is 0.0337. The molecule has 0 amide bonds. The van der Waals surface area contributed by atoms with E-state index in [1.165, 1.54) is 11.1 Å². The second-order valence-electron chi connectivity index (χ2n) is 6.59. The Labute approximate surface area is 116 Å². The van der Waals surface area contributed by atoms with Crippen LogP contribution in [0.25, 0.3) is 0 Å². The van der Waals surface area contributed by atoms with Crippen molar-refractivity contribution in [3.8, 4) is 5.75 Å². The normalized spacial score (nSPS) is 23.6. The lowest BCUT2D eigenvalue weighted by molar-refractivity contribution is 0.0592. The van der Waals surface area contributed by atoms with Crippen LogP contribution in [0.1, 0.15) is 58.1 Å². The third-order valence-electron chi connectivity index (χ3n) is 3.96. The van der Waals surface area contributed by atoms with Crippen molar-refractivity contribution in [2.45, 2.75) is 71.0 Å². The van der Waals surface area contributed by atoms with Gasteiger partial charge in [-0.15, -0.1) is 0 Å². The van der Waals surface area contributed by atoms with Gasteiger partial charge in [-0.1, -0.05) is 39.8 Å². The minimum atomic E-state index is -0.307. The zero-order valence-corrected chi connectivity index (χ0v) is 12.6. The van der Waals surface area contributed by atoms with Crippen molar-refractivity contribution in [1.29, 1.82) is 0 Å². The third kappa shape index (κ3) is 3.30. The molecular formula is C17H26O2. The van der Waals surface area contributed by atoms with E-state index < -0.39 is 0 Å². The summed E-state index contributed by atoms with van der Waals surface area (Å²) in [5, 5.41) is 9.92. The number of aliphatic hydroxyl groups excluding tert-OH is 1. The smallest absolute Gasteiger partial charge is 0.124 e. The SMILES string of the molecule is CCc1ccc(O[C@H]2CCC[C@@H]2O)c(C(C)(C)C)c1. The first-order chi connectivity index (χ1) is 8.91. The predicted molar refractivity (Wildman–Crippen MR) is 78.8 cm³/mol. The van der Waals surface area contributed by atoms with E-state index in [-0.39, 0.29) is 17.6 Å². The molecule has 2 rings (SSSR count). The van der Waals surface area contributed by atoms with Gasteiger partial charge in [-0.3, -0.25) is 0 Å². The molecule has 1 aromatic rings. The van der Waals surface area contributed by atoms with Gasteiger partial charge in [0.15, 0.2) is 0 Å². The second-order valence-corrected chi connectivity index (χ2v) is 6.59. The number of ether oxygens (including phenoxy) is 1. The first kappa shape index (κ1) is 14.4. The Balaban J connectivity index is 2.28. The van der Waals surface area contributed by atoms with E-state index >= 15 is 0 Å². The van der Waals surface area contributed by atoms with Crippen molar-refractivity contribution in [2.75, 3.05) is 0 Å². The van der Waals surface area contributed by atoms with Gasteiger partial charge in [-0.2, -0.15) is 0 Å². The fraction of sp³-hybridized carbons (Fsp3) is 0.647. The molecule has 0 aliphatic heterocycles.